The molecule has 2 N–H and O–H groups in total. The molecule has 158 valence electrons. The lowest BCUT2D eigenvalue weighted by Crippen LogP contribution is -2.42. The van der Waals surface area contributed by atoms with Crippen LogP contribution < -0.4 is 5.73 Å². The van der Waals surface area contributed by atoms with Crippen molar-refractivity contribution in [2.45, 2.75) is 25.7 Å². The molecule has 2 aromatic carbocycles. The van der Waals surface area contributed by atoms with Crippen molar-refractivity contribution in [2.24, 2.45) is 11.1 Å². The van der Waals surface area contributed by atoms with Gasteiger partial charge in [-0.15, -0.1) is 0 Å². The molecular weight excluding hydrogens is 386 g/mol. The van der Waals surface area contributed by atoms with Gasteiger partial charge in [-0.2, -0.15) is 0 Å². The van der Waals surface area contributed by atoms with Gasteiger partial charge in [-0.3, -0.25) is 14.6 Å². The number of hydrogen-bond donors (Lipinski definition) is 1. The molecule has 1 saturated heterocycles. The first kappa shape index (κ1) is 20.8. The van der Waals surface area contributed by atoms with Crippen molar-refractivity contribution in [1.29, 1.82) is 0 Å². The highest BCUT2D eigenvalue weighted by Crippen LogP contribution is 2.37. The number of pyridine rings is 1. The van der Waals surface area contributed by atoms with Gasteiger partial charge in [0.2, 0.25) is 11.8 Å². The maximum atomic E-state index is 12.8. The topological polar surface area (TPSA) is 76.3 Å². The minimum absolute atomic E-state index is 0.0781. The number of aromatic nitrogens is 1. The summed E-state index contributed by atoms with van der Waals surface area (Å²) < 4.78 is 0. The number of likely N-dealkylation sites (tertiary alicyclic amines) is 1. The molecule has 0 radical (unpaired) electrons. The maximum absolute atomic E-state index is 12.8. The Morgan fingerprint density at radius 3 is 2.42 bits per heavy atom. The van der Waals surface area contributed by atoms with Crippen LogP contribution in [0.4, 0.5) is 0 Å². The first-order valence-electron chi connectivity index (χ1n) is 10.7. The summed E-state index contributed by atoms with van der Waals surface area (Å²) in [5.41, 5.74) is 9.49. The van der Waals surface area contributed by atoms with Gasteiger partial charge in [-0.1, -0.05) is 54.6 Å². The van der Waals surface area contributed by atoms with Gasteiger partial charge in [-0.25, -0.2) is 0 Å². The number of nitrogens with two attached hydrogens (primary N) is 1. The van der Waals surface area contributed by atoms with Gasteiger partial charge in [-0.05, 0) is 53.6 Å². The molecule has 5 heteroatoms. The second-order valence-electron chi connectivity index (χ2n) is 8.27. The Morgan fingerprint density at radius 1 is 0.968 bits per heavy atom. The smallest absolute Gasteiger partial charge is 0.225 e. The summed E-state index contributed by atoms with van der Waals surface area (Å²) >= 11 is 0. The molecule has 1 fully saturated rings. The van der Waals surface area contributed by atoms with E-state index in [1.165, 1.54) is 0 Å². The van der Waals surface area contributed by atoms with E-state index in [0.717, 1.165) is 22.3 Å². The van der Waals surface area contributed by atoms with E-state index >= 15 is 0 Å². The summed E-state index contributed by atoms with van der Waals surface area (Å²) in [5, 5.41) is 0. The molecule has 2 heterocycles. The van der Waals surface area contributed by atoms with Crippen LogP contribution >= 0.6 is 0 Å². The number of hydrogen-bond acceptors (Lipinski definition) is 3. The van der Waals surface area contributed by atoms with Crippen LogP contribution in [0.25, 0.3) is 11.1 Å². The van der Waals surface area contributed by atoms with Gasteiger partial charge in [0.1, 0.15) is 0 Å². The number of rotatable bonds is 7. The second kappa shape index (κ2) is 9.13. The number of carbonyl (C=O) groups excluding carboxylic acids is 2. The molecule has 0 saturated carbocycles. The van der Waals surface area contributed by atoms with Gasteiger partial charge in [0.15, 0.2) is 0 Å². The van der Waals surface area contributed by atoms with E-state index in [4.69, 9.17) is 5.73 Å². The Labute approximate surface area is 182 Å². The molecule has 2 amide bonds. The van der Waals surface area contributed by atoms with Crippen molar-refractivity contribution >= 4 is 11.8 Å². The van der Waals surface area contributed by atoms with E-state index in [-0.39, 0.29) is 11.8 Å². The van der Waals surface area contributed by atoms with Crippen molar-refractivity contribution in [3.8, 4) is 11.1 Å². The number of primary amides is 1. The summed E-state index contributed by atoms with van der Waals surface area (Å²) in [6.45, 7) is 0.939. The number of carbonyl (C=O) groups is 2. The van der Waals surface area contributed by atoms with Crippen LogP contribution in [-0.2, 0) is 22.4 Å². The van der Waals surface area contributed by atoms with Gasteiger partial charge in [0.25, 0.3) is 0 Å². The number of benzene rings is 2. The third kappa shape index (κ3) is 4.66. The molecule has 1 aliphatic rings. The molecule has 0 unspecified atom stereocenters. The number of nitrogens with zero attached hydrogens (tertiary/aromatic N) is 2. The van der Waals surface area contributed by atoms with Gasteiger partial charge >= 0.3 is 0 Å². The Hall–Kier alpha value is -3.47. The molecule has 1 aliphatic heterocycles. The molecule has 3 aromatic rings. The van der Waals surface area contributed by atoms with Crippen LogP contribution in [0, 0.1) is 5.41 Å². The molecule has 0 bridgehead atoms. The van der Waals surface area contributed by atoms with Crippen molar-refractivity contribution in [3.63, 3.8) is 0 Å². The van der Waals surface area contributed by atoms with Crippen LogP contribution in [0.1, 0.15) is 24.0 Å². The second-order valence-corrected chi connectivity index (χ2v) is 8.27. The Bertz CT molecular complexity index is 1050. The minimum Gasteiger partial charge on any atom is -0.369 e. The quantitative estimate of drug-likeness (QED) is 0.643. The number of aryl methyl sites for hydroxylation is 1. The third-order valence-corrected chi connectivity index (χ3v) is 6.24. The standard InChI is InChI=1S/C26H27N3O2/c27-25(31)26(18-22-8-4-5-9-23(22)21-12-15-28-16-13-21)14-17-29(19-26)24(30)11-10-20-6-2-1-3-7-20/h1-9,12-13,15-16H,10-11,14,17-19H2,(H2,27,31)/t26-/m1/s1. The van der Waals surface area contributed by atoms with E-state index < -0.39 is 5.41 Å². The van der Waals surface area contributed by atoms with Crippen LogP contribution in [0.15, 0.2) is 79.1 Å². The molecule has 4 rings (SSSR count). The zero-order chi connectivity index (χ0) is 21.7. The molecule has 1 aromatic heterocycles. The van der Waals surface area contributed by atoms with Crippen molar-refractivity contribution in [2.75, 3.05) is 13.1 Å². The van der Waals surface area contributed by atoms with Crippen LogP contribution in [0.2, 0.25) is 0 Å². The average Bonchev–Trinajstić information content (AvgIpc) is 3.25. The molecular formula is C26H27N3O2. The molecule has 0 spiro atoms. The largest absolute Gasteiger partial charge is 0.369 e. The minimum atomic E-state index is -0.745. The molecule has 1 atom stereocenters. The fourth-order valence-corrected chi connectivity index (χ4v) is 4.42. The average molecular weight is 414 g/mol. The van der Waals surface area contributed by atoms with Gasteiger partial charge in [0.05, 0.1) is 5.41 Å². The summed E-state index contributed by atoms with van der Waals surface area (Å²) in [4.78, 5) is 31.3. The Balaban J connectivity index is 1.50. The van der Waals surface area contributed by atoms with Crippen molar-refractivity contribution < 1.29 is 9.59 Å². The first-order chi connectivity index (χ1) is 15.1. The zero-order valence-corrected chi connectivity index (χ0v) is 17.5. The van der Waals surface area contributed by atoms with Crippen molar-refractivity contribution in [1.82, 2.24) is 9.88 Å². The highest BCUT2D eigenvalue weighted by molar-refractivity contribution is 5.85. The van der Waals surface area contributed by atoms with Crippen LogP contribution in [0.3, 0.4) is 0 Å². The van der Waals surface area contributed by atoms with Crippen molar-refractivity contribution in [3.05, 3.63) is 90.3 Å². The Kier molecular flexibility index (Phi) is 6.12. The van der Waals surface area contributed by atoms with Crippen LogP contribution in [-0.4, -0.2) is 34.8 Å². The van der Waals surface area contributed by atoms with E-state index in [9.17, 15) is 9.59 Å². The molecule has 31 heavy (non-hydrogen) atoms. The monoisotopic (exact) mass is 413 g/mol. The summed E-state index contributed by atoms with van der Waals surface area (Å²) in [6, 6.07) is 22.0. The van der Waals surface area contributed by atoms with Gasteiger partial charge < -0.3 is 10.6 Å². The van der Waals surface area contributed by atoms with E-state index in [2.05, 4.69) is 11.1 Å². The molecule has 5 nitrogen and oxygen atoms in total. The SMILES string of the molecule is NC(=O)[C@@]1(Cc2ccccc2-c2ccncc2)CCN(C(=O)CCc2ccccc2)C1. The predicted octanol–water partition coefficient (Wildman–Crippen LogP) is 3.63. The highest BCUT2D eigenvalue weighted by Gasteiger charge is 2.44. The lowest BCUT2D eigenvalue weighted by atomic mass is 9.78. The van der Waals surface area contributed by atoms with E-state index in [0.29, 0.717) is 38.8 Å². The first-order valence-corrected chi connectivity index (χ1v) is 10.7. The maximum Gasteiger partial charge on any atom is 0.225 e. The van der Waals surface area contributed by atoms with E-state index in [1.807, 2.05) is 65.6 Å². The van der Waals surface area contributed by atoms with Gasteiger partial charge in [0, 0.05) is 31.9 Å². The summed E-state index contributed by atoms with van der Waals surface area (Å²) in [7, 11) is 0. The summed E-state index contributed by atoms with van der Waals surface area (Å²) in [6.07, 6.45) is 5.77. The lowest BCUT2D eigenvalue weighted by molar-refractivity contribution is -0.132. The highest BCUT2D eigenvalue weighted by atomic mass is 16.2. The van der Waals surface area contributed by atoms with Crippen LogP contribution in [0.5, 0.6) is 0 Å². The normalized spacial score (nSPS) is 18.1. The fourth-order valence-electron chi connectivity index (χ4n) is 4.42. The Morgan fingerprint density at radius 2 is 1.68 bits per heavy atom. The molecule has 0 aliphatic carbocycles. The number of amides is 2. The summed E-state index contributed by atoms with van der Waals surface area (Å²) in [5.74, 6) is -0.259. The zero-order valence-electron chi connectivity index (χ0n) is 17.5. The predicted molar refractivity (Wildman–Crippen MR) is 121 cm³/mol. The lowest BCUT2D eigenvalue weighted by Gasteiger charge is -2.27. The fraction of sp³-hybridized carbons (Fsp3) is 0.269. The van der Waals surface area contributed by atoms with E-state index in [1.54, 1.807) is 12.4 Å². The third-order valence-electron chi connectivity index (χ3n) is 6.24.